The lowest BCUT2D eigenvalue weighted by Crippen LogP contribution is -2.42. The van der Waals surface area contributed by atoms with Crippen molar-refractivity contribution in [2.24, 2.45) is 0 Å². The first-order valence-corrected chi connectivity index (χ1v) is 7.78. The third-order valence-electron chi connectivity index (χ3n) is 3.73. The van der Waals surface area contributed by atoms with E-state index in [-0.39, 0.29) is 5.54 Å². The predicted molar refractivity (Wildman–Crippen MR) is 85.9 cm³/mol. The molecule has 0 saturated carbocycles. The fourth-order valence-corrected chi connectivity index (χ4v) is 2.70. The van der Waals surface area contributed by atoms with Gasteiger partial charge in [0.2, 0.25) is 0 Å². The summed E-state index contributed by atoms with van der Waals surface area (Å²) in [5.74, 6) is 0. The number of hydrogen-bond donors (Lipinski definition) is 2. The van der Waals surface area contributed by atoms with Gasteiger partial charge < -0.3 is 10.6 Å². The van der Waals surface area contributed by atoms with Crippen LogP contribution in [0.1, 0.15) is 32.8 Å². The van der Waals surface area contributed by atoms with Crippen LogP contribution in [0.2, 0.25) is 0 Å². The Bertz CT molecular complexity index is 383. The summed E-state index contributed by atoms with van der Waals surface area (Å²) in [4.78, 5) is 2.55. The lowest BCUT2D eigenvalue weighted by atomic mass is 10.1. The largest absolute Gasteiger partial charge is 0.311 e. The molecule has 2 N–H and O–H groups in total. The SMILES string of the molecule is CC(C)(C)NCCNC1CCN(Cc2ccccc2)C1. The number of hydrogen-bond acceptors (Lipinski definition) is 3. The highest BCUT2D eigenvalue weighted by molar-refractivity contribution is 5.14. The Labute approximate surface area is 123 Å². The minimum absolute atomic E-state index is 0.219. The second kappa shape index (κ2) is 7.21. The van der Waals surface area contributed by atoms with Crippen LogP contribution in [0, 0.1) is 0 Å². The minimum Gasteiger partial charge on any atom is -0.311 e. The van der Waals surface area contributed by atoms with Crippen LogP contribution in [0.5, 0.6) is 0 Å². The number of likely N-dealkylation sites (tertiary alicyclic amines) is 1. The first-order valence-electron chi connectivity index (χ1n) is 7.78. The van der Waals surface area contributed by atoms with Gasteiger partial charge in [0.15, 0.2) is 0 Å². The predicted octanol–water partition coefficient (Wildman–Crippen LogP) is 2.24. The van der Waals surface area contributed by atoms with Gasteiger partial charge in [-0.1, -0.05) is 30.3 Å². The summed E-state index contributed by atoms with van der Waals surface area (Å²) < 4.78 is 0. The summed E-state index contributed by atoms with van der Waals surface area (Å²) in [6.07, 6.45) is 1.27. The molecule has 0 bridgehead atoms. The van der Waals surface area contributed by atoms with Crippen LogP contribution in [-0.4, -0.2) is 42.7 Å². The van der Waals surface area contributed by atoms with Gasteiger partial charge in [0, 0.05) is 44.3 Å². The zero-order valence-electron chi connectivity index (χ0n) is 13.2. The summed E-state index contributed by atoms with van der Waals surface area (Å²) in [7, 11) is 0. The Hall–Kier alpha value is -0.900. The van der Waals surface area contributed by atoms with E-state index < -0.39 is 0 Å². The lowest BCUT2D eigenvalue weighted by Gasteiger charge is -2.22. The van der Waals surface area contributed by atoms with Gasteiger partial charge in [0.05, 0.1) is 0 Å². The van der Waals surface area contributed by atoms with Crippen LogP contribution in [-0.2, 0) is 6.54 Å². The Balaban J connectivity index is 1.63. The first kappa shape index (κ1) is 15.5. The third kappa shape index (κ3) is 5.61. The summed E-state index contributed by atoms with van der Waals surface area (Å²) >= 11 is 0. The normalized spacial score (nSPS) is 20.4. The van der Waals surface area contributed by atoms with Crippen LogP contribution < -0.4 is 10.6 Å². The fourth-order valence-electron chi connectivity index (χ4n) is 2.70. The molecule has 2 rings (SSSR count). The Morgan fingerprint density at radius 2 is 1.90 bits per heavy atom. The molecule has 1 fully saturated rings. The molecule has 1 unspecified atom stereocenters. The number of rotatable bonds is 6. The van der Waals surface area contributed by atoms with Crippen molar-refractivity contribution in [1.82, 2.24) is 15.5 Å². The Morgan fingerprint density at radius 3 is 2.60 bits per heavy atom. The van der Waals surface area contributed by atoms with Gasteiger partial charge in [-0.25, -0.2) is 0 Å². The standard InChI is InChI=1S/C17H29N3/c1-17(2,3)19-11-10-18-16-9-12-20(14-16)13-15-7-5-4-6-8-15/h4-8,16,18-19H,9-14H2,1-3H3. The molecule has 1 aliphatic rings. The van der Waals surface area contributed by atoms with Gasteiger partial charge in [-0.15, -0.1) is 0 Å². The quantitative estimate of drug-likeness (QED) is 0.780. The highest BCUT2D eigenvalue weighted by Gasteiger charge is 2.21. The molecule has 1 aliphatic heterocycles. The van der Waals surface area contributed by atoms with Gasteiger partial charge in [-0.2, -0.15) is 0 Å². The van der Waals surface area contributed by atoms with Crippen molar-refractivity contribution in [2.75, 3.05) is 26.2 Å². The summed E-state index contributed by atoms with van der Waals surface area (Å²) in [6.45, 7) is 12.2. The molecule has 1 atom stereocenters. The average Bonchev–Trinajstić information content (AvgIpc) is 2.82. The highest BCUT2D eigenvalue weighted by Crippen LogP contribution is 2.13. The zero-order chi connectivity index (χ0) is 14.4. The average molecular weight is 275 g/mol. The maximum Gasteiger partial charge on any atom is 0.0234 e. The molecule has 0 aromatic heterocycles. The molecule has 0 spiro atoms. The summed E-state index contributed by atoms with van der Waals surface area (Å²) in [5.41, 5.74) is 1.64. The van der Waals surface area contributed by atoms with Gasteiger partial charge in [-0.3, -0.25) is 4.90 Å². The van der Waals surface area contributed by atoms with Crippen LogP contribution >= 0.6 is 0 Å². The van der Waals surface area contributed by atoms with Crippen molar-refractivity contribution in [3.05, 3.63) is 35.9 Å². The van der Waals surface area contributed by atoms with E-state index in [0.29, 0.717) is 6.04 Å². The molecule has 1 heterocycles. The zero-order valence-corrected chi connectivity index (χ0v) is 13.2. The highest BCUT2D eigenvalue weighted by atomic mass is 15.2. The van der Waals surface area contributed by atoms with E-state index in [1.807, 2.05) is 0 Å². The Morgan fingerprint density at radius 1 is 1.15 bits per heavy atom. The van der Waals surface area contributed by atoms with Crippen molar-refractivity contribution in [3.63, 3.8) is 0 Å². The van der Waals surface area contributed by atoms with E-state index in [1.165, 1.54) is 25.1 Å². The van der Waals surface area contributed by atoms with Crippen molar-refractivity contribution < 1.29 is 0 Å². The first-order chi connectivity index (χ1) is 9.53. The van der Waals surface area contributed by atoms with Gasteiger partial charge >= 0.3 is 0 Å². The van der Waals surface area contributed by atoms with Gasteiger partial charge in [0.25, 0.3) is 0 Å². The molecule has 20 heavy (non-hydrogen) atoms. The van der Waals surface area contributed by atoms with Gasteiger partial charge in [-0.05, 0) is 32.8 Å². The monoisotopic (exact) mass is 275 g/mol. The fraction of sp³-hybridized carbons (Fsp3) is 0.647. The number of nitrogens with one attached hydrogen (secondary N) is 2. The minimum atomic E-state index is 0.219. The molecule has 1 aromatic rings. The third-order valence-corrected chi connectivity index (χ3v) is 3.73. The van der Waals surface area contributed by atoms with Crippen LogP contribution in [0.15, 0.2) is 30.3 Å². The van der Waals surface area contributed by atoms with Crippen LogP contribution in [0.3, 0.4) is 0 Å². The van der Waals surface area contributed by atoms with E-state index in [4.69, 9.17) is 0 Å². The summed E-state index contributed by atoms with van der Waals surface area (Å²) in [6, 6.07) is 11.4. The molecule has 0 radical (unpaired) electrons. The lowest BCUT2D eigenvalue weighted by molar-refractivity contribution is 0.319. The molecular formula is C17H29N3. The number of nitrogens with zero attached hydrogens (tertiary/aromatic N) is 1. The van der Waals surface area contributed by atoms with Crippen LogP contribution in [0.25, 0.3) is 0 Å². The number of benzene rings is 1. The smallest absolute Gasteiger partial charge is 0.0234 e. The van der Waals surface area contributed by atoms with Crippen molar-refractivity contribution in [2.45, 2.75) is 45.3 Å². The Kier molecular flexibility index (Phi) is 5.58. The molecule has 0 aliphatic carbocycles. The molecule has 112 valence electrons. The van der Waals surface area contributed by atoms with Crippen molar-refractivity contribution in [3.8, 4) is 0 Å². The molecule has 1 aromatic carbocycles. The van der Waals surface area contributed by atoms with E-state index in [1.54, 1.807) is 0 Å². The maximum absolute atomic E-state index is 3.67. The van der Waals surface area contributed by atoms with E-state index in [9.17, 15) is 0 Å². The van der Waals surface area contributed by atoms with Gasteiger partial charge in [0.1, 0.15) is 0 Å². The molecule has 1 saturated heterocycles. The van der Waals surface area contributed by atoms with Crippen molar-refractivity contribution >= 4 is 0 Å². The molecule has 3 nitrogen and oxygen atoms in total. The summed E-state index contributed by atoms with van der Waals surface area (Å²) in [5, 5.41) is 7.19. The second-order valence-corrected chi connectivity index (χ2v) is 6.84. The second-order valence-electron chi connectivity index (χ2n) is 6.84. The topological polar surface area (TPSA) is 27.3 Å². The molecular weight excluding hydrogens is 246 g/mol. The van der Waals surface area contributed by atoms with E-state index in [0.717, 1.165) is 19.6 Å². The molecule has 3 heteroatoms. The van der Waals surface area contributed by atoms with E-state index in [2.05, 4.69) is 66.6 Å². The van der Waals surface area contributed by atoms with Crippen LogP contribution in [0.4, 0.5) is 0 Å². The van der Waals surface area contributed by atoms with E-state index >= 15 is 0 Å². The molecule has 0 amide bonds. The van der Waals surface area contributed by atoms with Crippen molar-refractivity contribution in [1.29, 1.82) is 0 Å². The maximum atomic E-state index is 3.67.